The van der Waals surface area contributed by atoms with Gasteiger partial charge >= 0.3 is 0 Å². The van der Waals surface area contributed by atoms with Crippen LogP contribution in [-0.2, 0) is 0 Å². The summed E-state index contributed by atoms with van der Waals surface area (Å²) in [5, 5.41) is 3.59. The third-order valence-electron chi connectivity index (χ3n) is 2.49. The van der Waals surface area contributed by atoms with E-state index >= 15 is 0 Å². The predicted molar refractivity (Wildman–Crippen MR) is 66.9 cm³/mol. The number of hydrogen-bond donors (Lipinski definition) is 1. The molecular formula is C8H15I2N. The summed E-state index contributed by atoms with van der Waals surface area (Å²) in [4.78, 5) is 0. The summed E-state index contributed by atoms with van der Waals surface area (Å²) < 4.78 is 1.65. The molecule has 3 heteroatoms. The van der Waals surface area contributed by atoms with Crippen molar-refractivity contribution in [2.45, 2.75) is 34.2 Å². The van der Waals surface area contributed by atoms with E-state index in [-0.39, 0.29) is 0 Å². The van der Waals surface area contributed by atoms with Gasteiger partial charge in [0.25, 0.3) is 0 Å². The summed E-state index contributed by atoms with van der Waals surface area (Å²) >= 11 is 5.14. The van der Waals surface area contributed by atoms with E-state index in [1.54, 1.807) is 0 Å². The van der Waals surface area contributed by atoms with Crippen LogP contribution >= 0.6 is 45.2 Å². The molecule has 1 fully saturated rings. The van der Waals surface area contributed by atoms with E-state index in [2.05, 4.69) is 64.3 Å². The molecule has 1 nitrogen and oxygen atoms in total. The Morgan fingerprint density at radius 2 is 2.18 bits per heavy atom. The first kappa shape index (κ1) is 10.5. The van der Waals surface area contributed by atoms with Crippen molar-refractivity contribution in [3.05, 3.63) is 0 Å². The minimum atomic E-state index is 0.752. The highest BCUT2D eigenvalue weighted by molar-refractivity contribution is 14.1. The topological polar surface area (TPSA) is 12.0 Å². The fourth-order valence-corrected chi connectivity index (χ4v) is 3.39. The third-order valence-corrected chi connectivity index (χ3v) is 6.73. The molecule has 1 aliphatic rings. The van der Waals surface area contributed by atoms with Crippen LogP contribution in [0.5, 0.6) is 0 Å². The van der Waals surface area contributed by atoms with Crippen molar-refractivity contribution in [2.75, 3.05) is 6.54 Å². The molecule has 4 unspecified atom stereocenters. The SMILES string of the molecule is CCC(C)C1NCC(I)C1I. The fraction of sp³-hybridized carbons (Fsp3) is 1.00. The zero-order valence-electron chi connectivity index (χ0n) is 6.98. The Kier molecular flexibility index (Phi) is 4.39. The Balaban J connectivity index is 2.47. The zero-order chi connectivity index (χ0) is 8.43. The Hall–Kier alpha value is 1.42. The highest BCUT2D eigenvalue weighted by Crippen LogP contribution is 2.29. The molecule has 4 atom stereocenters. The van der Waals surface area contributed by atoms with Crippen LogP contribution in [0.1, 0.15) is 20.3 Å². The first-order valence-electron chi connectivity index (χ1n) is 4.18. The van der Waals surface area contributed by atoms with Crippen molar-refractivity contribution < 1.29 is 0 Å². The molecule has 1 N–H and O–H groups in total. The summed E-state index contributed by atoms with van der Waals surface area (Å²) in [6.45, 7) is 5.82. The Morgan fingerprint density at radius 3 is 2.55 bits per heavy atom. The first-order valence-corrected chi connectivity index (χ1v) is 6.67. The number of nitrogens with one attached hydrogen (secondary N) is 1. The third kappa shape index (κ3) is 2.43. The highest BCUT2D eigenvalue weighted by atomic mass is 127. The average Bonchev–Trinajstić information content (AvgIpc) is 2.32. The lowest BCUT2D eigenvalue weighted by Gasteiger charge is -2.21. The van der Waals surface area contributed by atoms with E-state index in [0.717, 1.165) is 19.8 Å². The maximum Gasteiger partial charge on any atom is 0.0396 e. The van der Waals surface area contributed by atoms with Gasteiger partial charge in [-0.2, -0.15) is 0 Å². The van der Waals surface area contributed by atoms with Gasteiger partial charge in [0.2, 0.25) is 0 Å². The monoisotopic (exact) mass is 379 g/mol. The van der Waals surface area contributed by atoms with Gasteiger partial charge in [0, 0.05) is 20.4 Å². The van der Waals surface area contributed by atoms with Gasteiger partial charge in [0.1, 0.15) is 0 Å². The predicted octanol–water partition coefficient (Wildman–Crippen LogP) is 2.61. The highest BCUT2D eigenvalue weighted by Gasteiger charge is 2.34. The van der Waals surface area contributed by atoms with E-state index in [9.17, 15) is 0 Å². The standard InChI is InChI=1S/C8H15I2N/c1-3-5(2)8-7(10)6(9)4-11-8/h5-8,11H,3-4H2,1-2H3. The number of hydrogen-bond acceptors (Lipinski definition) is 1. The largest absolute Gasteiger partial charge is 0.312 e. The number of rotatable bonds is 2. The Morgan fingerprint density at radius 1 is 1.55 bits per heavy atom. The number of halogens is 2. The lowest BCUT2D eigenvalue weighted by atomic mass is 9.98. The van der Waals surface area contributed by atoms with Crippen LogP contribution in [0.2, 0.25) is 0 Å². The summed E-state index contributed by atoms with van der Waals surface area (Å²) in [6, 6.07) is 0.752. The van der Waals surface area contributed by atoms with Gasteiger partial charge in [-0.15, -0.1) is 0 Å². The van der Waals surface area contributed by atoms with Crippen molar-refractivity contribution in [1.82, 2.24) is 5.32 Å². The van der Waals surface area contributed by atoms with Crippen LogP contribution < -0.4 is 5.32 Å². The summed E-state index contributed by atoms with van der Waals surface area (Å²) in [7, 11) is 0. The lowest BCUT2D eigenvalue weighted by molar-refractivity contribution is 0.420. The van der Waals surface area contributed by atoms with Gasteiger partial charge in [-0.1, -0.05) is 65.5 Å². The van der Waals surface area contributed by atoms with Gasteiger partial charge in [-0.05, 0) is 5.92 Å². The fourth-order valence-electron chi connectivity index (χ4n) is 1.47. The van der Waals surface area contributed by atoms with Gasteiger partial charge in [-0.3, -0.25) is 0 Å². The quantitative estimate of drug-likeness (QED) is 0.575. The van der Waals surface area contributed by atoms with E-state index in [1.807, 2.05) is 0 Å². The van der Waals surface area contributed by atoms with Crippen molar-refractivity contribution >= 4 is 45.2 Å². The normalized spacial score (nSPS) is 40.9. The van der Waals surface area contributed by atoms with Crippen LogP contribution in [0.15, 0.2) is 0 Å². The Bertz CT molecular complexity index is 129. The molecule has 1 saturated heterocycles. The van der Waals surface area contributed by atoms with Crippen molar-refractivity contribution in [1.29, 1.82) is 0 Å². The smallest absolute Gasteiger partial charge is 0.0396 e. The molecule has 0 radical (unpaired) electrons. The van der Waals surface area contributed by atoms with E-state index in [0.29, 0.717) is 0 Å². The molecule has 0 aliphatic carbocycles. The molecule has 11 heavy (non-hydrogen) atoms. The van der Waals surface area contributed by atoms with Gasteiger partial charge in [0.05, 0.1) is 0 Å². The first-order chi connectivity index (χ1) is 5.16. The van der Waals surface area contributed by atoms with Crippen molar-refractivity contribution in [3.63, 3.8) is 0 Å². The van der Waals surface area contributed by atoms with Crippen molar-refractivity contribution in [2.24, 2.45) is 5.92 Å². The van der Waals surface area contributed by atoms with Gasteiger partial charge in [-0.25, -0.2) is 0 Å². The van der Waals surface area contributed by atoms with E-state index < -0.39 is 0 Å². The molecule has 0 bridgehead atoms. The molecular weight excluding hydrogens is 364 g/mol. The van der Waals surface area contributed by atoms with Crippen molar-refractivity contribution in [3.8, 4) is 0 Å². The molecule has 66 valence electrons. The molecule has 0 aromatic carbocycles. The molecule has 1 aliphatic heterocycles. The minimum absolute atomic E-state index is 0.752. The molecule has 0 spiro atoms. The molecule has 0 saturated carbocycles. The van der Waals surface area contributed by atoms with Crippen LogP contribution in [0.4, 0.5) is 0 Å². The summed E-state index contributed by atoms with van der Waals surface area (Å²) in [6.07, 6.45) is 1.29. The second kappa shape index (κ2) is 4.60. The maximum absolute atomic E-state index is 3.59. The zero-order valence-corrected chi connectivity index (χ0v) is 11.3. The van der Waals surface area contributed by atoms with E-state index in [4.69, 9.17) is 0 Å². The summed E-state index contributed by atoms with van der Waals surface area (Å²) in [5.74, 6) is 0.830. The van der Waals surface area contributed by atoms with Gasteiger partial charge in [0.15, 0.2) is 0 Å². The van der Waals surface area contributed by atoms with Crippen LogP contribution in [0.25, 0.3) is 0 Å². The van der Waals surface area contributed by atoms with Crippen LogP contribution in [0, 0.1) is 5.92 Å². The number of alkyl halides is 2. The summed E-state index contributed by atoms with van der Waals surface area (Å²) in [5.41, 5.74) is 0. The van der Waals surface area contributed by atoms with Gasteiger partial charge < -0.3 is 5.32 Å². The van der Waals surface area contributed by atoms with Crippen LogP contribution in [-0.4, -0.2) is 20.4 Å². The average molecular weight is 379 g/mol. The Labute approximate surface area is 96.4 Å². The second-order valence-corrected chi connectivity index (χ2v) is 6.32. The molecule has 0 aromatic heterocycles. The van der Waals surface area contributed by atoms with E-state index in [1.165, 1.54) is 13.0 Å². The lowest BCUT2D eigenvalue weighted by Crippen LogP contribution is -2.34. The molecule has 0 amide bonds. The molecule has 1 rings (SSSR count). The molecule has 1 heterocycles. The second-order valence-electron chi connectivity index (χ2n) is 3.28. The molecule has 0 aromatic rings. The van der Waals surface area contributed by atoms with Crippen LogP contribution in [0.3, 0.4) is 0 Å². The maximum atomic E-state index is 3.59. The minimum Gasteiger partial charge on any atom is -0.312 e.